The Morgan fingerprint density at radius 2 is 1.93 bits per heavy atom. The lowest BCUT2D eigenvalue weighted by Gasteiger charge is -2.14. The number of hydrogen-bond donors (Lipinski definition) is 1. The molecule has 3 aromatic rings. The minimum Gasteiger partial charge on any atom is -0.322 e. The summed E-state index contributed by atoms with van der Waals surface area (Å²) in [6.07, 6.45) is 0. The van der Waals surface area contributed by atoms with Gasteiger partial charge in [0.25, 0.3) is 5.56 Å². The highest BCUT2D eigenvalue weighted by Gasteiger charge is 2.27. The van der Waals surface area contributed by atoms with Gasteiger partial charge in [-0.05, 0) is 55.8 Å². The zero-order valence-electron chi connectivity index (χ0n) is 15.7. The number of halogens is 3. The van der Waals surface area contributed by atoms with Gasteiger partial charge in [0.1, 0.15) is 21.5 Å². The largest absolute Gasteiger partial charge is 0.322 e. The van der Waals surface area contributed by atoms with E-state index in [1.54, 1.807) is 13.0 Å². The number of aryl methyl sites for hydroxylation is 2. The van der Waals surface area contributed by atoms with Crippen LogP contribution in [0.5, 0.6) is 0 Å². The minimum absolute atomic E-state index is 0.0536. The van der Waals surface area contributed by atoms with Crippen LogP contribution in [-0.2, 0) is 21.2 Å². The van der Waals surface area contributed by atoms with Crippen LogP contribution < -0.4 is 10.9 Å². The van der Waals surface area contributed by atoms with E-state index in [0.717, 1.165) is 15.9 Å². The van der Waals surface area contributed by atoms with Gasteiger partial charge in [-0.3, -0.25) is 9.59 Å². The summed E-state index contributed by atoms with van der Waals surface area (Å²) in [6.45, 7) is 2.62. The molecule has 0 atom stereocenters. The van der Waals surface area contributed by atoms with Gasteiger partial charge in [-0.15, -0.1) is 11.3 Å². The Labute approximate surface area is 189 Å². The summed E-state index contributed by atoms with van der Waals surface area (Å²) in [7, 11) is -4.12. The molecule has 0 radical (unpaired) electrons. The number of rotatable bonds is 5. The predicted octanol–water partition coefficient (Wildman–Crippen LogP) is 4.55. The monoisotopic (exact) mass is 532 g/mol. The van der Waals surface area contributed by atoms with Crippen molar-refractivity contribution in [3.63, 3.8) is 0 Å². The van der Waals surface area contributed by atoms with E-state index in [1.807, 2.05) is 0 Å². The molecule has 0 unspecified atom stereocenters. The van der Waals surface area contributed by atoms with Gasteiger partial charge in [-0.1, -0.05) is 27.5 Å². The van der Waals surface area contributed by atoms with Crippen LogP contribution in [0.15, 0.2) is 54.8 Å². The fourth-order valence-electron chi connectivity index (χ4n) is 2.90. The van der Waals surface area contributed by atoms with Crippen LogP contribution in [-0.4, -0.2) is 18.9 Å². The van der Waals surface area contributed by atoms with Gasteiger partial charge >= 0.3 is 0 Å². The first kappa shape index (κ1) is 22.7. The van der Waals surface area contributed by atoms with Crippen molar-refractivity contribution in [3.05, 3.63) is 72.6 Å². The lowest BCUT2D eigenvalue weighted by molar-refractivity contribution is -0.116. The number of carbonyl (C=O) groups excluding carboxylic acids is 1. The molecule has 0 aliphatic rings. The number of nitrogens with one attached hydrogen (secondary N) is 1. The molecule has 0 bridgehead atoms. The van der Waals surface area contributed by atoms with Crippen LogP contribution in [0.4, 0.5) is 10.1 Å². The van der Waals surface area contributed by atoms with E-state index in [2.05, 4.69) is 21.2 Å². The van der Waals surface area contributed by atoms with E-state index in [1.165, 1.54) is 37.3 Å². The zero-order chi connectivity index (χ0) is 22.2. The number of amides is 1. The summed E-state index contributed by atoms with van der Waals surface area (Å²) in [5.41, 5.74) is -0.227. The molecular weight excluding hydrogens is 519 g/mol. The van der Waals surface area contributed by atoms with E-state index < -0.39 is 38.6 Å². The maximum Gasteiger partial charge on any atom is 0.270 e. The van der Waals surface area contributed by atoms with Crippen molar-refractivity contribution in [2.75, 3.05) is 5.32 Å². The first-order chi connectivity index (χ1) is 14.0. The zero-order valence-corrected chi connectivity index (χ0v) is 19.7. The molecule has 2 heterocycles. The number of hydrogen-bond acceptors (Lipinski definition) is 5. The van der Waals surface area contributed by atoms with E-state index in [9.17, 15) is 22.4 Å². The SMILES string of the molecule is Cc1cc(C)n(CC(=O)Nc2ccc(Br)cc2F)c(=O)c1S(=O)(=O)c1ccc(Cl)s1. The predicted molar refractivity (Wildman–Crippen MR) is 118 cm³/mol. The van der Waals surface area contributed by atoms with Crippen molar-refractivity contribution in [3.8, 4) is 0 Å². The van der Waals surface area contributed by atoms with Gasteiger partial charge in [-0.2, -0.15) is 0 Å². The van der Waals surface area contributed by atoms with E-state index in [4.69, 9.17) is 11.6 Å². The number of sulfone groups is 1. The first-order valence-electron chi connectivity index (χ1n) is 8.47. The molecule has 0 aliphatic heterocycles. The van der Waals surface area contributed by atoms with Crippen molar-refractivity contribution >= 4 is 60.3 Å². The topological polar surface area (TPSA) is 85.2 Å². The highest BCUT2D eigenvalue weighted by atomic mass is 79.9. The summed E-state index contributed by atoms with van der Waals surface area (Å²) < 4.78 is 41.7. The van der Waals surface area contributed by atoms with Gasteiger partial charge < -0.3 is 9.88 Å². The van der Waals surface area contributed by atoms with E-state index in [-0.39, 0.29) is 19.8 Å². The second kappa shape index (κ2) is 8.62. The third-order valence-corrected chi connectivity index (χ3v) is 8.36. The molecule has 3 rings (SSSR count). The van der Waals surface area contributed by atoms with Gasteiger partial charge in [0.2, 0.25) is 15.7 Å². The van der Waals surface area contributed by atoms with Crippen molar-refractivity contribution in [1.29, 1.82) is 0 Å². The summed E-state index contributed by atoms with van der Waals surface area (Å²) in [5.74, 6) is -1.32. The number of carbonyl (C=O) groups is 1. The van der Waals surface area contributed by atoms with Gasteiger partial charge in [0.05, 0.1) is 10.0 Å². The van der Waals surface area contributed by atoms with Gasteiger partial charge in [0.15, 0.2) is 0 Å². The van der Waals surface area contributed by atoms with Crippen LogP contribution in [0.1, 0.15) is 11.3 Å². The average Bonchev–Trinajstić information content (AvgIpc) is 3.08. The molecule has 0 spiro atoms. The average molecular weight is 534 g/mol. The summed E-state index contributed by atoms with van der Waals surface area (Å²) in [6, 6.07) is 8.39. The fraction of sp³-hybridized carbons (Fsp3) is 0.158. The van der Waals surface area contributed by atoms with Crippen molar-refractivity contribution in [2.45, 2.75) is 29.5 Å². The highest BCUT2D eigenvalue weighted by Crippen LogP contribution is 2.30. The molecule has 1 amide bonds. The van der Waals surface area contributed by atoms with Crippen LogP contribution in [0.3, 0.4) is 0 Å². The smallest absolute Gasteiger partial charge is 0.270 e. The maximum atomic E-state index is 14.0. The van der Waals surface area contributed by atoms with Crippen LogP contribution >= 0.6 is 38.9 Å². The normalized spacial score (nSPS) is 11.5. The Hall–Kier alpha value is -2.01. The third kappa shape index (κ3) is 4.51. The molecule has 158 valence electrons. The quantitative estimate of drug-likeness (QED) is 0.521. The van der Waals surface area contributed by atoms with Gasteiger partial charge in [0, 0.05) is 10.2 Å². The van der Waals surface area contributed by atoms with Crippen molar-refractivity contribution in [1.82, 2.24) is 4.57 Å². The Bertz CT molecular complexity index is 1320. The minimum atomic E-state index is -4.12. The number of pyridine rings is 1. The lowest BCUT2D eigenvalue weighted by atomic mass is 10.2. The number of aromatic nitrogens is 1. The summed E-state index contributed by atoms with van der Waals surface area (Å²) >= 11 is 9.81. The van der Waals surface area contributed by atoms with E-state index >= 15 is 0 Å². The standard InChI is InChI=1S/C19H15BrClFN2O4S2/c1-10-7-11(2)24(9-16(25)23-14-4-3-12(20)8-13(14)22)19(26)18(10)30(27,28)17-6-5-15(21)29-17/h3-8H,9H2,1-2H3,(H,23,25). The van der Waals surface area contributed by atoms with Crippen LogP contribution in [0, 0.1) is 19.7 Å². The third-order valence-electron chi connectivity index (χ3n) is 4.24. The molecule has 0 fully saturated rings. The highest BCUT2D eigenvalue weighted by molar-refractivity contribution is 9.10. The molecular formula is C19H15BrClFN2O4S2. The van der Waals surface area contributed by atoms with Crippen molar-refractivity contribution in [2.24, 2.45) is 0 Å². The number of nitrogens with zero attached hydrogens (tertiary/aromatic N) is 1. The number of anilines is 1. The second-order valence-corrected chi connectivity index (χ2v) is 11.2. The lowest BCUT2D eigenvalue weighted by Crippen LogP contribution is -2.33. The maximum absolute atomic E-state index is 14.0. The first-order valence-corrected chi connectivity index (χ1v) is 11.9. The molecule has 0 saturated carbocycles. The van der Waals surface area contributed by atoms with Crippen LogP contribution in [0.2, 0.25) is 4.34 Å². The molecule has 11 heteroatoms. The van der Waals surface area contributed by atoms with Gasteiger partial charge in [-0.25, -0.2) is 12.8 Å². The van der Waals surface area contributed by atoms with Crippen LogP contribution in [0.25, 0.3) is 0 Å². The Kier molecular flexibility index (Phi) is 6.51. The van der Waals surface area contributed by atoms with E-state index in [0.29, 0.717) is 10.2 Å². The Balaban J connectivity index is 1.99. The molecule has 2 aromatic heterocycles. The fourth-order valence-corrected chi connectivity index (χ4v) is 6.38. The number of thiophene rings is 1. The molecule has 0 saturated heterocycles. The summed E-state index contributed by atoms with van der Waals surface area (Å²) in [4.78, 5) is 25.0. The second-order valence-electron chi connectivity index (χ2n) is 6.42. The molecule has 1 aromatic carbocycles. The van der Waals surface area contributed by atoms with Crippen molar-refractivity contribution < 1.29 is 17.6 Å². The molecule has 0 aliphatic carbocycles. The number of benzene rings is 1. The molecule has 1 N–H and O–H groups in total. The molecule has 30 heavy (non-hydrogen) atoms. The summed E-state index contributed by atoms with van der Waals surface area (Å²) in [5, 5.41) is 2.39. The molecule has 6 nitrogen and oxygen atoms in total. The Morgan fingerprint density at radius 1 is 1.23 bits per heavy atom. The Morgan fingerprint density at radius 3 is 2.53 bits per heavy atom.